The van der Waals surface area contributed by atoms with E-state index in [-0.39, 0.29) is 11.4 Å². The van der Waals surface area contributed by atoms with E-state index in [0.29, 0.717) is 5.75 Å². The van der Waals surface area contributed by atoms with Crippen molar-refractivity contribution in [1.29, 1.82) is 0 Å². The van der Waals surface area contributed by atoms with Gasteiger partial charge < -0.3 is 4.74 Å². The fourth-order valence-corrected chi connectivity index (χ4v) is 3.13. The quantitative estimate of drug-likeness (QED) is 0.513. The molecule has 1 aromatic heterocycles. The number of methoxy groups -OCH3 is 1. The standard InChI is InChI=1S/C18H33FN2O/c1-6-8-10-12-14-18(3,13-11-9-7-2)16-15(22-5)17(19)21(4)20-16/h6-14H2,1-5H3. The van der Waals surface area contributed by atoms with Crippen LogP contribution in [0.25, 0.3) is 0 Å². The first-order chi connectivity index (χ1) is 10.5. The topological polar surface area (TPSA) is 27.1 Å². The molecule has 0 spiro atoms. The summed E-state index contributed by atoms with van der Waals surface area (Å²) in [6, 6.07) is 0. The van der Waals surface area contributed by atoms with E-state index in [1.807, 2.05) is 0 Å². The number of hydrogen-bond acceptors (Lipinski definition) is 2. The minimum absolute atomic E-state index is 0.101. The first-order valence-corrected chi connectivity index (χ1v) is 8.77. The molecular weight excluding hydrogens is 279 g/mol. The molecule has 1 heterocycles. The van der Waals surface area contributed by atoms with Crippen LogP contribution in [-0.2, 0) is 12.5 Å². The SMILES string of the molecule is CCCCCCC(C)(CCCCC)c1nn(C)c(F)c1OC. The Morgan fingerprint density at radius 3 is 2.14 bits per heavy atom. The molecule has 22 heavy (non-hydrogen) atoms. The van der Waals surface area contributed by atoms with Crippen molar-refractivity contribution >= 4 is 0 Å². The Morgan fingerprint density at radius 1 is 1.05 bits per heavy atom. The van der Waals surface area contributed by atoms with Gasteiger partial charge in [-0.15, -0.1) is 0 Å². The first kappa shape index (κ1) is 19.0. The number of hydrogen-bond donors (Lipinski definition) is 0. The van der Waals surface area contributed by atoms with Crippen molar-refractivity contribution in [3.05, 3.63) is 11.6 Å². The maximum atomic E-state index is 14.2. The van der Waals surface area contributed by atoms with Crippen LogP contribution in [0, 0.1) is 5.95 Å². The molecule has 4 heteroatoms. The predicted molar refractivity (Wildman–Crippen MR) is 90.0 cm³/mol. The zero-order valence-electron chi connectivity index (χ0n) is 15.0. The predicted octanol–water partition coefficient (Wildman–Crippen LogP) is 5.38. The molecule has 0 aliphatic heterocycles. The van der Waals surface area contributed by atoms with Gasteiger partial charge in [0.25, 0.3) is 5.95 Å². The Kier molecular flexibility index (Phi) is 7.91. The lowest BCUT2D eigenvalue weighted by Crippen LogP contribution is -2.24. The van der Waals surface area contributed by atoms with Crippen molar-refractivity contribution in [3.63, 3.8) is 0 Å². The Bertz CT molecular complexity index is 445. The molecule has 0 fully saturated rings. The van der Waals surface area contributed by atoms with Crippen molar-refractivity contribution in [3.8, 4) is 5.75 Å². The van der Waals surface area contributed by atoms with E-state index in [1.54, 1.807) is 7.05 Å². The van der Waals surface area contributed by atoms with Gasteiger partial charge in [-0.1, -0.05) is 65.7 Å². The zero-order valence-corrected chi connectivity index (χ0v) is 15.0. The summed E-state index contributed by atoms with van der Waals surface area (Å²) in [4.78, 5) is 0. The molecule has 0 amide bonds. The normalized spacial score (nSPS) is 14.1. The van der Waals surface area contributed by atoms with E-state index in [2.05, 4.69) is 25.9 Å². The third-order valence-corrected chi connectivity index (χ3v) is 4.63. The molecule has 1 unspecified atom stereocenters. The molecular formula is C18H33FN2O. The van der Waals surface area contributed by atoms with Crippen LogP contribution in [0.5, 0.6) is 5.75 Å². The van der Waals surface area contributed by atoms with Crippen molar-refractivity contribution in [2.45, 2.75) is 84.0 Å². The molecule has 0 saturated heterocycles. The van der Waals surface area contributed by atoms with Gasteiger partial charge in [-0.25, -0.2) is 4.68 Å². The summed E-state index contributed by atoms with van der Waals surface area (Å²) >= 11 is 0. The van der Waals surface area contributed by atoms with Crippen molar-refractivity contribution in [1.82, 2.24) is 9.78 Å². The maximum Gasteiger partial charge on any atom is 0.254 e. The fraction of sp³-hybridized carbons (Fsp3) is 0.833. The molecule has 1 rings (SSSR count). The summed E-state index contributed by atoms with van der Waals surface area (Å²) in [6.07, 6.45) is 10.5. The van der Waals surface area contributed by atoms with E-state index < -0.39 is 0 Å². The monoisotopic (exact) mass is 312 g/mol. The average molecular weight is 312 g/mol. The zero-order chi connectivity index (χ0) is 16.6. The highest BCUT2D eigenvalue weighted by Gasteiger charge is 2.34. The lowest BCUT2D eigenvalue weighted by atomic mass is 9.76. The number of aromatic nitrogens is 2. The molecule has 0 aromatic carbocycles. The van der Waals surface area contributed by atoms with Crippen LogP contribution < -0.4 is 4.74 Å². The van der Waals surface area contributed by atoms with Gasteiger partial charge in [0.2, 0.25) is 0 Å². The van der Waals surface area contributed by atoms with E-state index in [4.69, 9.17) is 4.74 Å². The lowest BCUT2D eigenvalue weighted by Gasteiger charge is -2.28. The molecule has 0 aliphatic carbocycles. The number of rotatable bonds is 11. The van der Waals surface area contributed by atoms with Gasteiger partial charge in [0.1, 0.15) is 5.69 Å². The smallest absolute Gasteiger partial charge is 0.254 e. The van der Waals surface area contributed by atoms with E-state index in [1.165, 1.54) is 43.9 Å². The summed E-state index contributed by atoms with van der Waals surface area (Å²) in [5.41, 5.74) is 0.693. The number of halogens is 1. The molecule has 3 nitrogen and oxygen atoms in total. The maximum absolute atomic E-state index is 14.2. The number of nitrogens with zero attached hydrogens (tertiary/aromatic N) is 2. The molecule has 128 valence electrons. The van der Waals surface area contributed by atoms with Crippen molar-refractivity contribution in [2.75, 3.05) is 7.11 Å². The van der Waals surface area contributed by atoms with Gasteiger partial charge >= 0.3 is 0 Å². The van der Waals surface area contributed by atoms with Crippen LogP contribution in [0.1, 0.15) is 84.3 Å². The van der Waals surface area contributed by atoms with E-state index in [9.17, 15) is 4.39 Å². The molecule has 0 N–H and O–H groups in total. The van der Waals surface area contributed by atoms with Gasteiger partial charge in [-0.3, -0.25) is 0 Å². The van der Waals surface area contributed by atoms with Gasteiger partial charge in [0, 0.05) is 12.5 Å². The molecule has 0 aliphatic rings. The highest BCUT2D eigenvalue weighted by Crippen LogP contribution is 2.40. The molecule has 1 atom stereocenters. The van der Waals surface area contributed by atoms with Crippen LogP contribution in [-0.4, -0.2) is 16.9 Å². The first-order valence-electron chi connectivity index (χ1n) is 8.77. The Morgan fingerprint density at radius 2 is 1.59 bits per heavy atom. The second-order valence-electron chi connectivity index (χ2n) is 6.62. The second-order valence-corrected chi connectivity index (χ2v) is 6.62. The van der Waals surface area contributed by atoms with Gasteiger partial charge in [-0.05, 0) is 12.8 Å². The van der Waals surface area contributed by atoms with Gasteiger partial charge in [-0.2, -0.15) is 9.49 Å². The van der Waals surface area contributed by atoms with E-state index in [0.717, 1.165) is 31.4 Å². The Balaban J connectivity index is 2.95. The summed E-state index contributed by atoms with van der Waals surface area (Å²) in [6.45, 7) is 6.65. The summed E-state index contributed by atoms with van der Waals surface area (Å²) < 4.78 is 20.8. The van der Waals surface area contributed by atoms with Crippen LogP contribution in [0.2, 0.25) is 0 Å². The number of ether oxygens (including phenoxy) is 1. The third kappa shape index (κ3) is 4.72. The highest BCUT2D eigenvalue weighted by molar-refractivity contribution is 5.33. The van der Waals surface area contributed by atoms with Crippen molar-refractivity contribution in [2.24, 2.45) is 7.05 Å². The molecule has 0 bridgehead atoms. The Labute approximate surface area is 135 Å². The van der Waals surface area contributed by atoms with Gasteiger partial charge in [0.15, 0.2) is 5.75 Å². The minimum atomic E-state index is -0.368. The summed E-state index contributed by atoms with van der Waals surface area (Å²) in [5, 5.41) is 4.45. The largest absolute Gasteiger partial charge is 0.490 e. The van der Waals surface area contributed by atoms with Gasteiger partial charge in [0.05, 0.1) is 7.11 Å². The van der Waals surface area contributed by atoms with E-state index >= 15 is 0 Å². The average Bonchev–Trinajstić information content (AvgIpc) is 2.80. The molecule has 1 aromatic rings. The second kappa shape index (κ2) is 9.16. The van der Waals surface area contributed by atoms with Crippen LogP contribution >= 0.6 is 0 Å². The molecule has 0 radical (unpaired) electrons. The number of unbranched alkanes of at least 4 members (excludes halogenated alkanes) is 5. The van der Waals surface area contributed by atoms with Crippen LogP contribution in [0.3, 0.4) is 0 Å². The Hall–Kier alpha value is -1.06. The van der Waals surface area contributed by atoms with Crippen molar-refractivity contribution < 1.29 is 9.13 Å². The summed E-state index contributed by atoms with van der Waals surface area (Å²) in [5.74, 6) is -0.0373. The summed E-state index contributed by atoms with van der Waals surface area (Å²) in [7, 11) is 3.18. The molecule has 0 saturated carbocycles. The number of aryl methyl sites for hydroxylation is 1. The van der Waals surface area contributed by atoms with Crippen LogP contribution in [0.4, 0.5) is 4.39 Å². The highest BCUT2D eigenvalue weighted by atomic mass is 19.1. The van der Waals surface area contributed by atoms with Crippen LogP contribution in [0.15, 0.2) is 0 Å². The lowest BCUT2D eigenvalue weighted by molar-refractivity contribution is 0.326. The fourth-order valence-electron chi connectivity index (χ4n) is 3.13. The minimum Gasteiger partial charge on any atom is -0.490 e. The third-order valence-electron chi connectivity index (χ3n) is 4.63.